The highest BCUT2D eigenvalue weighted by Crippen LogP contribution is 2.25. The van der Waals surface area contributed by atoms with Crippen LogP contribution >= 0.6 is 15.9 Å². The van der Waals surface area contributed by atoms with Gasteiger partial charge in [-0.15, -0.1) is 0 Å². The number of hydrazine groups is 1. The van der Waals surface area contributed by atoms with Gasteiger partial charge in [-0.05, 0) is 47.0 Å². The number of rotatable bonds is 5. The van der Waals surface area contributed by atoms with E-state index in [2.05, 4.69) is 26.5 Å². The summed E-state index contributed by atoms with van der Waals surface area (Å²) in [7, 11) is 0. The van der Waals surface area contributed by atoms with Crippen LogP contribution in [0.4, 0.5) is 4.39 Å². The number of nitrogens with two attached hydrogens (primary N) is 1. The van der Waals surface area contributed by atoms with E-state index in [1.165, 1.54) is 12.1 Å². The van der Waals surface area contributed by atoms with Crippen molar-refractivity contribution in [2.75, 3.05) is 0 Å². The molecular formula is C13H16BrFN4. The molecule has 2 aromatic rings. The summed E-state index contributed by atoms with van der Waals surface area (Å²) in [6.45, 7) is 2.76. The first kappa shape index (κ1) is 14.2. The third-order valence-electron chi connectivity index (χ3n) is 2.99. The summed E-state index contributed by atoms with van der Waals surface area (Å²) in [6.07, 6.45) is 2.34. The minimum atomic E-state index is -0.240. The molecule has 3 N–H and O–H groups in total. The lowest BCUT2D eigenvalue weighted by Gasteiger charge is -2.18. The number of hydrogen-bond acceptors (Lipinski definition) is 3. The second kappa shape index (κ2) is 6.27. The number of nitrogens with one attached hydrogen (secondary N) is 1. The van der Waals surface area contributed by atoms with Gasteiger partial charge < -0.3 is 0 Å². The highest BCUT2D eigenvalue weighted by Gasteiger charge is 2.19. The first-order chi connectivity index (χ1) is 9.15. The molecule has 0 saturated carbocycles. The van der Waals surface area contributed by atoms with E-state index in [9.17, 15) is 4.39 Å². The van der Waals surface area contributed by atoms with Crippen LogP contribution in [0.15, 0.2) is 34.9 Å². The molecule has 1 aromatic carbocycles. The lowest BCUT2D eigenvalue weighted by Crippen LogP contribution is -2.31. The number of nitrogens with zero attached hydrogens (tertiary/aromatic N) is 2. The van der Waals surface area contributed by atoms with Crippen LogP contribution in [0, 0.1) is 5.82 Å². The number of aryl methyl sites for hydroxylation is 1. The molecule has 0 amide bonds. The van der Waals surface area contributed by atoms with Crippen molar-refractivity contribution in [3.05, 3.63) is 52.0 Å². The van der Waals surface area contributed by atoms with Crippen LogP contribution in [0.2, 0.25) is 0 Å². The second-order valence-corrected chi connectivity index (χ2v) is 5.10. The van der Waals surface area contributed by atoms with Gasteiger partial charge in [0, 0.05) is 6.54 Å². The highest BCUT2D eigenvalue weighted by atomic mass is 79.9. The van der Waals surface area contributed by atoms with Gasteiger partial charge in [-0.25, -0.2) is 4.39 Å². The first-order valence-electron chi connectivity index (χ1n) is 6.07. The van der Waals surface area contributed by atoms with Gasteiger partial charge in [-0.1, -0.05) is 12.1 Å². The van der Waals surface area contributed by atoms with Crippen LogP contribution in [0.3, 0.4) is 0 Å². The highest BCUT2D eigenvalue weighted by molar-refractivity contribution is 9.10. The van der Waals surface area contributed by atoms with Crippen molar-refractivity contribution in [2.24, 2.45) is 5.84 Å². The van der Waals surface area contributed by atoms with E-state index < -0.39 is 0 Å². The van der Waals surface area contributed by atoms with Crippen molar-refractivity contribution < 1.29 is 4.39 Å². The maximum absolute atomic E-state index is 13.2. The van der Waals surface area contributed by atoms with E-state index in [0.29, 0.717) is 6.42 Å². The summed E-state index contributed by atoms with van der Waals surface area (Å²) in [6, 6.07) is 6.41. The predicted molar refractivity (Wildman–Crippen MR) is 75.8 cm³/mol. The first-order valence-corrected chi connectivity index (χ1v) is 6.86. The van der Waals surface area contributed by atoms with E-state index in [1.54, 1.807) is 12.3 Å². The second-order valence-electron chi connectivity index (χ2n) is 4.25. The van der Waals surface area contributed by atoms with Gasteiger partial charge in [0.15, 0.2) is 0 Å². The Morgan fingerprint density at radius 2 is 2.32 bits per heavy atom. The molecule has 2 rings (SSSR count). The van der Waals surface area contributed by atoms with Gasteiger partial charge in [-0.2, -0.15) is 5.10 Å². The minimum Gasteiger partial charge on any atom is -0.271 e. The molecule has 1 unspecified atom stereocenters. The van der Waals surface area contributed by atoms with Crippen LogP contribution in [-0.2, 0) is 13.0 Å². The fourth-order valence-electron chi connectivity index (χ4n) is 2.10. The molecule has 0 aliphatic heterocycles. The van der Waals surface area contributed by atoms with E-state index in [1.807, 2.05) is 17.7 Å². The third-order valence-corrected chi connectivity index (χ3v) is 3.60. The molecule has 0 saturated heterocycles. The fourth-order valence-corrected chi connectivity index (χ4v) is 2.68. The Kier molecular flexibility index (Phi) is 4.68. The topological polar surface area (TPSA) is 55.9 Å². The third kappa shape index (κ3) is 3.20. The Morgan fingerprint density at radius 3 is 2.95 bits per heavy atom. The van der Waals surface area contributed by atoms with Crippen molar-refractivity contribution in [1.82, 2.24) is 15.2 Å². The Labute approximate surface area is 119 Å². The van der Waals surface area contributed by atoms with Crippen molar-refractivity contribution in [3.63, 3.8) is 0 Å². The summed E-state index contributed by atoms with van der Waals surface area (Å²) in [5.74, 6) is 5.40. The Balaban J connectivity index is 2.27. The van der Waals surface area contributed by atoms with Crippen LogP contribution in [0.5, 0.6) is 0 Å². The molecule has 4 nitrogen and oxygen atoms in total. The summed E-state index contributed by atoms with van der Waals surface area (Å²) in [4.78, 5) is 0. The quantitative estimate of drug-likeness (QED) is 0.655. The zero-order chi connectivity index (χ0) is 13.8. The average Bonchev–Trinajstić information content (AvgIpc) is 2.77. The van der Waals surface area contributed by atoms with E-state index in [-0.39, 0.29) is 11.9 Å². The zero-order valence-electron chi connectivity index (χ0n) is 10.6. The molecule has 0 fully saturated rings. The summed E-state index contributed by atoms with van der Waals surface area (Å²) < 4.78 is 16.0. The molecule has 1 heterocycles. The van der Waals surface area contributed by atoms with Gasteiger partial charge in [0.25, 0.3) is 0 Å². The zero-order valence-corrected chi connectivity index (χ0v) is 12.2. The molecule has 0 aliphatic rings. The summed E-state index contributed by atoms with van der Waals surface area (Å²) in [5.41, 5.74) is 4.63. The van der Waals surface area contributed by atoms with Crippen LogP contribution in [0.1, 0.15) is 24.2 Å². The van der Waals surface area contributed by atoms with E-state index in [4.69, 9.17) is 5.84 Å². The SMILES string of the molecule is CCn1ncc(Br)c1C(Cc1cccc(F)c1)NN. The lowest BCUT2D eigenvalue weighted by atomic mass is 10.0. The van der Waals surface area contributed by atoms with Gasteiger partial charge in [-0.3, -0.25) is 16.0 Å². The molecule has 19 heavy (non-hydrogen) atoms. The predicted octanol–water partition coefficient (Wildman–Crippen LogP) is 2.55. The van der Waals surface area contributed by atoms with Crippen molar-refractivity contribution >= 4 is 15.9 Å². The molecule has 1 atom stereocenters. The summed E-state index contributed by atoms with van der Waals surface area (Å²) >= 11 is 3.47. The molecule has 6 heteroatoms. The Hall–Kier alpha value is -1.24. The van der Waals surface area contributed by atoms with E-state index in [0.717, 1.165) is 22.3 Å². The number of benzene rings is 1. The van der Waals surface area contributed by atoms with Gasteiger partial charge in [0.1, 0.15) is 5.82 Å². The largest absolute Gasteiger partial charge is 0.271 e. The standard InChI is InChI=1S/C13H16BrFN4/c1-2-19-13(11(14)8-17-19)12(18-16)7-9-4-3-5-10(15)6-9/h3-6,8,12,18H,2,7,16H2,1H3. The molecule has 0 spiro atoms. The van der Waals surface area contributed by atoms with Crippen LogP contribution < -0.4 is 11.3 Å². The van der Waals surface area contributed by atoms with Gasteiger partial charge in [0.05, 0.1) is 22.4 Å². The van der Waals surface area contributed by atoms with Crippen LogP contribution in [0.25, 0.3) is 0 Å². The fraction of sp³-hybridized carbons (Fsp3) is 0.308. The minimum absolute atomic E-state index is 0.126. The average molecular weight is 327 g/mol. The lowest BCUT2D eigenvalue weighted by molar-refractivity contribution is 0.488. The van der Waals surface area contributed by atoms with E-state index >= 15 is 0 Å². The number of aromatic nitrogens is 2. The molecular weight excluding hydrogens is 311 g/mol. The summed E-state index contributed by atoms with van der Waals surface area (Å²) in [5, 5.41) is 4.26. The Morgan fingerprint density at radius 1 is 1.53 bits per heavy atom. The van der Waals surface area contributed by atoms with Gasteiger partial charge >= 0.3 is 0 Å². The monoisotopic (exact) mass is 326 g/mol. The normalized spacial score (nSPS) is 12.6. The molecule has 102 valence electrons. The van der Waals surface area contributed by atoms with Crippen molar-refractivity contribution in [3.8, 4) is 0 Å². The molecule has 0 radical (unpaired) electrons. The number of halogens is 2. The van der Waals surface area contributed by atoms with Crippen molar-refractivity contribution in [1.29, 1.82) is 0 Å². The maximum atomic E-state index is 13.2. The Bertz CT molecular complexity index is 555. The van der Waals surface area contributed by atoms with Crippen LogP contribution in [-0.4, -0.2) is 9.78 Å². The van der Waals surface area contributed by atoms with Crippen molar-refractivity contribution in [2.45, 2.75) is 25.9 Å². The smallest absolute Gasteiger partial charge is 0.123 e. The molecule has 1 aromatic heterocycles. The molecule has 0 bridgehead atoms. The van der Waals surface area contributed by atoms with Gasteiger partial charge in [0.2, 0.25) is 0 Å². The number of hydrogen-bond donors (Lipinski definition) is 2. The molecule has 0 aliphatic carbocycles. The maximum Gasteiger partial charge on any atom is 0.123 e.